The van der Waals surface area contributed by atoms with Crippen LogP contribution in [-0.4, -0.2) is 68.1 Å². The number of hydrogen-bond acceptors (Lipinski definition) is 5. The maximum atomic E-state index is 12.9. The minimum absolute atomic E-state index is 0.0465. The second-order valence-electron chi connectivity index (χ2n) is 7.55. The highest BCUT2D eigenvalue weighted by atomic mass is 16.2. The van der Waals surface area contributed by atoms with Gasteiger partial charge in [0.2, 0.25) is 0 Å². The van der Waals surface area contributed by atoms with Crippen LogP contribution >= 0.6 is 0 Å². The molecule has 0 aliphatic carbocycles. The topological polar surface area (TPSA) is 78.0 Å². The molecule has 2 aliphatic rings. The first-order chi connectivity index (χ1) is 12.0. The summed E-state index contributed by atoms with van der Waals surface area (Å²) in [6, 6.07) is 4.11. The zero-order valence-electron chi connectivity index (χ0n) is 14.9. The average molecular weight is 340 g/mol. The maximum Gasteiger partial charge on any atom is 0.255 e. The van der Waals surface area contributed by atoms with E-state index < -0.39 is 0 Å². The van der Waals surface area contributed by atoms with Gasteiger partial charge in [-0.3, -0.25) is 19.8 Å². The van der Waals surface area contributed by atoms with Crippen LogP contribution in [0.25, 0.3) is 0 Å². The van der Waals surface area contributed by atoms with Crippen molar-refractivity contribution >= 4 is 5.91 Å². The molecule has 0 bridgehead atoms. The molecule has 0 spiro atoms. The van der Waals surface area contributed by atoms with Gasteiger partial charge in [-0.05, 0) is 32.9 Å². The quantitative estimate of drug-likeness (QED) is 0.910. The molecule has 0 unspecified atom stereocenters. The highest BCUT2D eigenvalue weighted by Crippen LogP contribution is 2.44. The van der Waals surface area contributed by atoms with Gasteiger partial charge in [0.05, 0.1) is 11.0 Å². The van der Waals surface area contributed by atoms with Crippen LogP contribution in [0.4, 0.5) is 0 Å². The van der Waals surface area contributed by atoms with Crippen LogP contribution in [0.3, 0.4) is 0 Å². The number of aromatic amines is 1. The number of aromatic nitrogens is 4. The second kappa shape index (κ2) is 5.91. The normalized spacial score (nSPS) is 26.4. The Labute approximate surface area is 147 Å². The molecule has 2 aliphatic heterocycles. The van der Waals surface area contributed by atoms with Crippen LogP contribution < -0.4 is 0 Å². The zero-order valence-corrected chi connectivity index (χ0v) is 14.9. The number of fused-ring (bicyclic) bond motifs is 1. The molecule has 2 atom stereocenters. The third-order valence-corrected chi connectivity index (χ3v) is 5.60. The van der Waals surface area contributed by atoms with Gasteiger partial charge >= 0.3 is 0 Å². The number of nitrogens with zero attached hydrogens (tertiary/aromatic N) is 5. The highest BCUT2D eigenvalue weighted by Gasteiger charge is 2.57. The molecule has 7 nitrogen and oxygen atoms in total. The molecule has 25 heavy (non-hydrogen) atoms. The van der Waals surface area contributed by atoms with Gasteiger partial charge in [0.1, 0.15) is 5.82 Å². The fourth-order valence-corrected chi connectivity index (χ4v) is 4.21. The van der Waals surface area contributed by atoms with Crippen LogP contribution in [-0.2, 0) is 5.41 Å². The van der Waals surface area contributed by atoms with E-state index in [1.54, 1.807) is 18.5 Å². The first-order valence-electron chi connectivity index (χ1n) is 8.82. The monoisotopic (exact) mass is 340 g/mol. The molecule has 7 heteroatoms. The lowest BCUT2D eigenvalue weighted by Gasteiger charge is -2.28. The van der Waals surface area contributed by atoms with E-state index in [1.807, 2.05) is 17.9 Å². The number of carbonyl (C=O) groups excluding carboxylic acids is 1. The van der Waals surface area contributed by atoms with Gasteiger partial charge in [-0.1, -0.05) is 0 Å². The number of likely N-dealkylation sites (tertiary alicyclic amines) is 2. The number of aryl methyl sites for hydroxylation is 1. The molecule has 0 radical (unpaired) electrons. The lowest BCUT2D eigenvalue weighted by molar-refractivity contribution is 0.0766. The second-order valence-corrected chi connectivity index (χ2v) is 7.55. The van der Waals surface area contributed by atoms with Gasteiger partial charge in [0, 0.05) is 50.5 Å². The molecular weight excluding hydrogens is 316 g/mol. The molecule has 2 aromatic rings. The summed E-state index contributed by atoms with van der Waals surface area (Å²) >= 11 is 0. The summed E-state index contributed by atoms with van der Waals surface area (Å²) in [5.74, 6) is 2.07. The molecule has 0 aromatic carbocycles. The van der Waals surface area contributed by atoms with Crippen molar-refractivity contribution in [3.8, 4) is 0 Å². The molecular formula is C18H24N6O. The fourth-order valence-electron chi connectivity index (χ4n) is 4.21. The lowest BCUT2D eigenvalue weighted by Crippen LogP contribution is -2.41. The molecule has 2 fully saturated rings. The van der Waals surface area contributed by atoms with Crippen LogP contribution in [0, 0.1) is 12.8 Å². The Morgan fingerprint density at radius 1 is 1.36 bits per heavy atom. The SMILES string of the molecule is Cc1nc([C@]23CN(C(=O)c4cccnc4)C[C@H]2CN(C(C)C)C3)n[nH]1. The van der Waals surface area contributed by atoms with E-state index in [0.717, 1.165) is 31.3 Å². The van der Waals surface area contributed by atoms with Crippen molar-refractivity contribution in [3.63, 3.8) is 0 Å². The molecule has 2 saturated heterocycles. The third kappa shape index (κ3) is 2.63. The summed E-state index contributed by atoms with van der Waals surface area (Å²) in [4.78, 5) is 26.0. The third-order valence-electron chi connectivity index (χ3n) is 5.60. The average Bonchev–Trinajstić information content (AvgIpc) is 3.27. The van der Waals surface area contributed by atoms with Crippen molar-refractivity contribution in [1.29, 1.82) is 0 Å². The predicted octanol–water partition coefficient (Wildman–Crippen LogP) is 1.24. The molecule has 4 rings (SSSR count). The van der Waals surface area contributed by atoms with Gasteiger partial charge in [0.15, 0.2) is 5.82 Å². The van der Waals surface area contributed by atoms with Crippen molar-refractivity contribution in [1.82, 2.24) is 30.0 Å². The van der Waals surface area contributed by atoms with Crippen molar-refractivity contribution in [3.05, 3.63) is 41.7 Å². The Bertz CT molecular complexity index is 773. The Balaban J connectivity index is 1.65. The number of pyridine rings is 1. The van der Waals surface area contributed by atoms with Crippen LogP contribution in [0.2, 0.25) is 0 Å². The van der Waals surface area contributed by atoms with Crippen LogP contribution in [0.15, 0.2) is 24.5 Å². The standard InChI is InChI=1S/C18H24N6O/c1-12(2)23-8-15-9-24(16(25)14-5-4-6-19-7-14)11-18(15,10-23)17-20-13(3)21-22-17/h4-7,12,15H,8-11H2,1-3H3,(H,20,21,22)/t15-,18-/m1/s1. The van der Waals surface area contributed by atoms with Gasteiger partial charge in [-0.25, -0.2) is 4.98 Å². The number of rotatable bonds is 3. The summed E-state index contributed by atoms with van der Waals surface area (Å²) in [7, 11) is 0. The first-order valence-corrected chi connectivity index (χ1v) is 8.82. The number of H-pyrrole nitrogens is 1. The molecule has 132 valence electrons. The Morgan fingerprint density at radius 3 is 2.84 bits per heavy atom. The van der Waals surface area contributed by atoms with E-state index in [9.17, 15) is 4.79 Å². The molecule has 1 amide bonds. The lowest BCUT2D eigenvalue weighted by atomic mass is 9.80. The van der Waals surface area contributed by atoms with E-state index >= 15 is 0 Å². The number of amides is 1. The largest absolute Gasteiger partial charge is 0.337 e. The summed E-state index contributed by atoms with van der Waals surface area (Å²) in [5, 5.41) is 7.46. The number of carbonyl (C=O) groups is 1. The summed E-state index contributed by atoms with van der Waals surface area (Å²) in [6.07, 6.45) is 3.33. The van der Waals surface area contributed by atoms with Crippen molar-refractivity contribution in [2.24, 2.45) is 5.92 Å². The van der Waals surface area contributed by atoms with Crippen LogP contribution in [0.1, 0.15) is 35.9 Å². The Kier molecular flexibility index (Phi) is 3.83. The van der Waals surface area contributed by atoms with E-state index in [-0.39, 0.29) is 11.3 Å². The first kappa shape index (κ1) is 16.2. The number of hydrogen-bond donors (Lipinski definition) is 1. The van der Waals surface area contributed by atoms with Crippen molar-refractivity contribution < 1.29 is 4.79 Å². The molecule has 0 saturated carbocycles. The van der Waals surface area contributed by atoms with Gasteiger partial charge in [-0.15, -0.1) is 0 Å². The van der Waals surface area contributed by atoms with Crippen LogP contribution in [0.5, 0.6) is 0 Å². The minimum atomic E-state index is -0.188. The molecule has 2 aromatic heterocycles. The fraction of sp³-hybridized carbons (Fsp3) is 0.556. The van der Waals surface area contributed by atoms with E-state index in [0.29, 0.717) is 24.1 Å². The van der Waals surface area contributed by atoms with E-state index in [1.165, 1.54) is 0 Å². The smallest absolute Gasteiger partial charge is 0.255 e. The van der Waals surface area contributed by atoms with Gasteiger partial charge in [-0.2, -0.15) is 5.10 Å². The van der Waals surface area contributed by atoms with Crippen molar-refractivity contribution in [2.45, 2.75) is 32.2 Å². The number of nitrogens with one attached hydrogen (secondary N) is 1. The summed E-state index contributed by atoms with van der Waals surface area (Å²) in [5.41, 5.74) is 0.455. The van der Waals surface area contributed by atoms with Crippen molar-refractivity contribution in [2.75, 3.05) is 26.2 Å². The van der Waals surface area contributed by atoms with E-state index in [2.05, 4.69) is 38.9 Å². The van der Waals surface area contributed by atoms with E-state index in [4.69, 9.17) is 0 Å². The predicted molar refractivity (Wildman–Crippen MR) is 93.1 cm³/mol. The van der Waals surface area contributed by atoms with Gasteiger partial charge in [0.25, 0.3) is 5.91 Å². The zero-order chi connectivity index (χ0) is 17.6. The maximum absolute atomic E-state index is 12.9. The molecule has 1 N–H and O–H groups in total. The van der Waals surface area contributed by atoms with Gasteiger partial charge < -0.3 is 4.90 Å². The summed E-state index contributed by atoms with van der Waals surface area (Å²) < 4.78 is 0. The highest BCUT2D eigenvalue weighted by molar-refractivity contribution is 5.94. The molecule has 4 heterocycles. The Morgan fingerprint density at radius 2 is 2.20 bits per heavy atom. The minimum Gasteiger partial charge on any atom is -0.337 e. The summed E-state index contributed by atoms with van der Waals surface area (Å²) in [6.45, 7) is 9.62. The Hall–Kier alpha value is -2.28.